The highest BCUT2D eigenvalue weighted by Gasteiger charge is 2.04. The maximum atomic E-state index is 11.6. The Hall–Kier alpha value is -1.33. The number of benzene rings is 1. The van der Waals surface area contributed by atoms with Crippen LogP contribution in [0, 0.1) is 6.92 Å². The van der Waals surface area contributed by atoms with Gasteiger partial charge in [0.1, 0.15) is 0 Å². The van der Waals surface area contributed by atoms with E-state index in [1.165, 1.54) is 22.5 Å². The number of aromatic nitrogens is 1. The minimum absolute atomic E-state index is 0.00191. The van der Waals surface area contributed by atoms with E-state index in [1.54, 1.807) is 18.0 Å². The van der Waals surface area contributed by atoms with E-state index in [0.29, 0.717) is 10.9 Å². The van der Waals surface area contributed by atoms with Crippen LogP contribution in [0.15, 0.2) is 35.8 Å². The van der Waals surface area contributed by atoms with Crippen LogP contribution in [0.4, 0.5) is 5.13 Å². The van der Waals surface area contributed by atoms with E-state index in [-0.39, 0.29) is 5.91 Å². The first-order valence-corrected chi connectivity index (χ1v) is 7.60. The first-order chi connectivity index (χ1) is 8.74. The molecule has 0 unspecified atom stereocenters. The molecule has 5 heteroatoms. The van der Waals surface area contributed by atoms with Crippen molar-refractivity contribution in [2.24, 2.45) is 0 Å². The fraction of sp³-hybridized carbons (Fsp3) is 0.231. The molecule has 1 N–H and O–H groups in total. The van der Waals surface area contributed by atoms with Gasteiger partial charge in [-0.25, -0.2) is 4.98 Å². The molecule has 0 fully saturated rings. The number of thioether (sulfide) groups is 1. The van der Waals surface area contributed by atoms with Gasteiger partial charge in [-0.3, -0.25) is 4.79 Å². The fourth-order valence-electron chi connectivity index (χ4n) is 1.39. The quantitative estimate of drug-likeness (QED) is 0.912. The van der Waals surface area contributed by atoms with Crippen molar-refractivity contribution >= 4 is 34.1 Å². The normalized spacial score (nSPS) is 10.3. The van der Waals surface area contributed by atoms with Gasteiger partial charge in [0, 0.05) is 17.3 Å². The third-order valence-corrected chi connectivity index (χ3v) is 3.99. The standard InChI is InChI=1S/C13H14N2OS2/c1-10-2-4-11(5-3-10)8-17-9-12(16)15-13-14-6-7-18-13/h2-7H,8-9H2,1H3,(H,14,15,16). The summed E-state index contributed by atoms with van der Waals surface area (Å²) in [5.74, 6) is 1.31. The van der Waals surface area contributed by atoms with Gasteiger partial charge in [-0.05, 0) is 12.5 Å². The molecule has 2 rings (SSSR count). The summed E-state index contributed by atoms with van der Waals surface area (Å²) in [4.78, 5) is 15.6. The number of nitrogens with one attached hydrogen (secondary N) is 1. The summed E-state index contributed by atoms with van der Waals surface area (Å²) in [6.07, 6.45) is 1.68. The Kier molecular flexibility index (Phi) is 4.78. The second kappa shape index (κ2) is 6.56. The highest BCUT2D eigenvalue weighted by Crippen LogP contribution is 2.14. The molecule has 0 aliphatic carbocycles. The number of thiazole rings is 1. The molecule has 0 radical (unpaired) electrons. The SMILES string of the molecule is Cc1ccc(CSCC(=O)Nc2nccs2)cc1. The summed E-state index contributed by atoms with van der Waals surface area (Å²) in [6.45, 7) is 2.07. The van der Waals surface area contributed by atoms with Crippen molar-refractivity contribution in [1.29, 1.82) is 0 Å². The third kappa shape index (κ3) is 4.16. The molecule has 1 aromatic carbocycles. The lowest BCUT2D eigenvalue weighted by molar-refractivity contribution is -0.113. The van der Waals surface area contributed by atoms with Crippen molar-refractivity contribution in [2.75, 3.05) is 11.1 Å². The number of aryl methyl sites for hydroxylation is 1. The number of nitrogens with zero attached hydrogens (tertiary/aromatic N) is 1. The molecule has 18 heavy (non-hydrogen) atoms. The Morgan fingerprint density at radius 3 is 2.83 bits per heavy atom. The molecule has 2 aromatic rings. The maximum absolute atomic E-state index is 11.6. The van der Waals surface area contributed by atoms with Crippen LogP contribution < -0.4 is 5.32 Å². The van der Waals surface area contributed by atoms with Gasteiger partial charge in [0.05, 0.1) is 5.75 Å². The van der Waals surface area contributed by atoms with Gasteiger partial charge in [-0.15, -0.1) is 23.1 Å². The second-order valence-corrected chi connectivity index (χ2v) is 5.74. The highest BCUT2D eigenvalue weighted by molar-refractivity contribution is 7.99. The molecule has 0 spiro atoms. The molecule has 94 valence electrons. The lowest BCUT2D eigenvalue weighted by Crippen LogP contribution is -2.13. The van der Waals surface area contributed by atoms with Crippen LogP contribution in [-0.2, 0) is 10.5 Å². The Morgan fingerprint density at radius 1 is 1.39 bits per heavy atom. The smallest absolute Gasteiger partial charge is 0.236 e. The average molecular weight is 278 g/mol. The summed E-state index contributed by atoms with van der Waals surface area (Å²) in [6, 6.07) is 8.37. The summed E-state index contributed by atoms with van der Waals surface area (Å²) in [5, 5.41) is 5.27. The predicted molar refractivity (Wildman–Crippen MR) is 78.1 cm³/mol. The number of hydrogen-bond donors (Lipinski definition) is 1. The van der Waals surface area contributed by atoms with Crippen molar-refractivity contribution in [1.82, 2.24) is 4.98 Å². The summed E-state index contributed by atoms with van der Waals surface area (Å²) in [5.41, 5.74) is 2.50. The van der Waals surface area contributed by atoms with Crippen LogP contribution in [0.25, 0.3) is 0 Å². The van der Waals surface area contributed by atoms with Crippen LogP contribution in [0.1, 0.15) is 11.1 Å². The number of anilines is 1. The van der Waals surface area contributed by atoms with Gasteiger partial charge >= 0.3 is 0 Å². The van der Waals surface area contributed by atoms with Crippen molar-refractivity contribution in [2.45, 2.75) is 12.7 Å². The van der Waals surface area contributed by atoms with Gasteiger partial charge in [0.2, 0.25) is 5.91 Å². The first-order valence-electron chi connectivity index (χ1n) is 5.56. The molecular formula is C13H14N2OS2. The molecule has 1 aromatic heterocycles. The predicted octanol–water partition coefficient (Wildman–Crippen LogP) is 3.32. The van der Waals surface area contributed by atoms with Gasteiger partial charge in [0.25, 0.3) is 0 Å². The zero-order valence-corrected chi connectivity index (χ0v) is 11.7. The monoisotopic (exact) mass is 278 g/mol. The topological polar surface area (TPSA) is 42.0 Å². The second-order valence-electron chi connectivity index (χ2n) is 3.86. The Labute approximate surface area is 115 Å². The molecule has 3 nitrogen and oxygen atoms in total. The van der Waals surface area contributed by atoms with Crippen LogP contribution in [0.2, 0.25) is 0 Å². The Balaban J connectivity index is 1.72. The molecule has 0 aliphatic rings. The van der Waals surface area contributed by atoms with Crippen molar-refractivity contribution < 1.29 is 4.79 Å². The Morgan fingerprint density at radius 2 is 2.17 bits per heavy atom. The van der Waals surface area contributed by atoms with E-state index >= 15 is 0 Å². The molecule has 1 heterocycles. The number of carbonyl (C=O) groups is 1. The molecule has 0 bridgehead atoms. The van der Waals surface area contributed by atoms with Gasteiger partial charge in [-0.2, -0.15) is 0 Å². The third-order valence-electron chi connectivity index (χ3n) is 2.30. The Bertz CT molecular complexity index is 494. The number of carbonyl (C=O) groups excluding carboxylic acids is 1. The maximum Gasteiger partial charge on any atom is 0.236 e. The van der Waals surface area contributed by atoms with E-state index < -0.39 is 0 Å². The average Bonchev–Trinajstić information content (AvgIpc) is 2.84. The van der Waals surface area contributed by atoms with Crippen molar-refractivity contribution in [3.8, 4) is 0 Å². The molecule has 0 saturated heterocycles. The van der Waals surface area contributed by atoms with E-state index in [2.05, 4.69) is 41.5 Å². The zero-order valence-electron chi connectivity index (χ0n) is 10.1. The van der Waals surface area contributed by atoms with Crippen LogP contribution in [-0.4, -0.2) is 16.6 Å². The van der Waals surface area contributed by atoms with E-state index in [1.807, 2.05) is 5.38 Å². The summed E-state index contributed by atoms with van der Waals surface area (Å²) in [7, 11) is 0. The van der Waals surface area contributed by atoms with Crippen molar-refractivity contribution in [3.63, 3.8) is 0 Å². The lowest BCUT2D eigenvalue weighted by atomic mass is 10.2. The van der Waals surface area contributed by atoms with Crippen molar-refractivity contribution in [3.05, 3.63) is 47.0 Å². The van der Waals surface area contributed by atoms with Crippen LogP contribution >= 0.6 is 23.1 Å². The lowest BCUT2D eigenvalue weighted by Gasteiger charge is -2.03. The molecular weight excluding hydrogens is 264 g/mol. The van der Waals surface area contributed by atoms with E-state index in [0.717, 1.165) is 5.75 Å². The van der Waals surface area contributed by atoms with E-state index in [9.17, 15) is 4.79 Å². The minimum Gasteiger partial charge on any atom is -0.301 e. The van der Waals surface area contributed by atoms with Crippen LogP contribution in [0.5, 0.6) is 0 Å². The largest absolute Gasteiger partial charge is 0.301 e. The highest BCUT2D eigenvalue weighted by atomic mass is 32.2. The summed E-state index contributed by atoms with van der Waals surface area (Å²) >= 11 is 3.04. The molecule has 0 aliphatic heterocycles. The van der Waals surface area contributed by atoms with Gasteiger partial charge < -0.3 is 5.32 Å². The zero-order chi connectivity index (χ0) is 12.8. The minimum atomic E-state index is 0.00191. The van der Waals surface area contributed by atoms with E-state index in [4.69, 9.17) is 0 Å². The van der Waals surface area contributed by atoms with Gasteiger partial charge in [0.15, 0.2) is 5.13 Å². The first kappa shape index (κ1) is 13.1. The molecule has 0 atom stereocenters. The molecule has 0 saturated carbocycles. The van der Waals surface area contributed by atoms with Gasteiger partial charge in [-0.1, -0.05) is 29.8 Å². The number of rotatable bonds is 5. The number of hydrogen-bond acceptors (Lipinski definition) is 4. The van der Waals surface area contributed by atoms with Crippen LogP contribution in [0.3, 0.4) is 0 Å². The number of amides is 1. The fourth-order valence-corrected chi connectivity index (χ4v) is 2.72. The summed E-state index contributed by atoms with van der Waals surface area (Å²) < 4.78 is 0. The molecule has 1 amide bonds.